The maximum Gasteiger partial charge on any atom is 0.248 e. The predicted molar refractivity (Wildman–Crippen MR) is 108 cm³/mol. The van der Waals surface area contributed by atoms with Gasteiger partial charge in [-0.25, -0.2) is 12.8 Å². The molecule has 0 radical (unpaired) electrons. The highest BCUT2D eigenvalue weighted by Gasteiger charge is 2.43. The molecule has 0 bridgehead atoms. The lowest BCUT2D eigenvalue weighted by Crippen LogP contribution is -2.44. The van der Waals surface area contributed by atoms with Crippen molar-refractivity contribution in [2.45, 2.75) is 49.7 Å². The van der Waals surface area contributed by atoms with Crippen LogP contribution in [0.1, 0.15) is 40.3 Å². The van der Waals surface area contributed by atoms with E-state index in [4.69, 9.17) is 20.1 Å². The van der Waals surface area contributed by atoms with Gasteiger partial charge in [-0.3, -0.25) is 20.9 Å². The average Bonchev–Trinajstić information content (AvgIpc) is 3.10. The lowest BCUT2D eigenvalue weighted by atomic mass is 9.89. The van der Waals surface area contributed by atoms with Crippen molar-refractivity contribution in [2.75, 3.05) is 5.32 Å². The Balaban J connectivity index is 2.24. The van der Waals surface area contributed by atoms with E-state index in [1.165, 1.54) is 26.8 Å². The summed E-state index contributed by atoms with van der Waals surface area (Å²) in [5.74, 6) is -2.02. The number of hydrogen-bond donors (Lipinski definition) is 3. The summed E-state index contributed by atoms with van der Waals surface area (Å²) in [5, 5.41) is 21.5. The Morgan fingerprint density at radius 3 is 2.27 bits per heavy atom. The number of hydrogen-bond acceptors (Lipinski definition) is 8. The highest BCUT2D eigenvalue weighted by atomic mass is 32.2. The van der Waals surface area contributed by atoms with Gasteiger partial charge < -0.3 is 9.26 Å². The molecule has 0 spiro atoms. The van der Waals surface area contributed by atoms with Gasteiger partial charge in [0, 0.05) is 13.0 Å². The largest absolute Gasteiger partial charge is 0.429 e. The summed E-state index contributed by atoms with van der Waals surface area (Å²) in [6.45, 7) is 7.05. The minimum atomic E-state index is -4.14. The molecule has 9 nitrogen and oxygen atoms in total. The van der Waals surface area contributed by atoms with E-state index < -0.39 is 31.7 Å². The molecule has 2 aromatic rings. The summed E-state index contributed by atoms with van der Waals surface area (Å²) in [7, 11) is -4.14. The molecule has 0 aliphatic rings. The second-order valence-corrected chi connectivity index (χ2v) is 10.1. The molecule has 3 N–H and O–H groups in total. The van der Waals surface area contributed by atoms with Gasteiger partial charge in [-0.1, -0.05) is 5.16 Å². The van der Waals surface area contributed by atoms with E-state index in [0.29, 0.717) is 0 Å². The monoisotopic (exact) mass is 438 g/mol. The van der Waals surface area contributed by atoms with Gasteiger partial charge in [0.25, 0.3) is 0 Å². The van der Waals surface area contributed by atoms with E-state index in [2.05, 4.69) is 10.5 Å². The molecular weight excluding hydrogens is 415 g/mol. The normalized spacial score (nSPS) is 12.3. The van der Waals surface area contributed by atoms with E-state index >= 15 is 0 Å². The number of sulfone groups is 1. The second kappa shape index (κ2) is 7.98. The number of carbonyl (C=O) groups excluding carboxylic acids is 1. The van der Waals surface area contributed by atoms with E-state index in [-0.39, 0.29) is 28.3 Å². The lowest BCUT2D eigenvalue weighted by Gasteiger charge is -2.23. The molecule has 1 aromatic carbocycles. The Labute approximate surface area is 173 Å². The number of nitrogens with one attached hydrogen (secondary N) is 3. The SMILES string of the molecule is CC(=N)OC(=N)C(C)(C)c1cc(NC(=O)C(C)(C)S(=O)(=O)c2ccc(F)cc2)on1. The topological polar surface area (TPSA) is 146 Å². The number of anilines is 1. The van der Waals surface area contributed by atoms with Crippen molar-refractivity contribution in [2.24, 2.45) is 0 Å². The van der Waals surface area contributed by atoms with Crippen LogP contribution in [0.2, 0.25) is 0 Å². The van der Waals surface area contributed by atoms with Crippen molar-refractivity contribution in [1.82, 2.24) is 5.16 Å². The Morgan fingerprint density at radius 1 is 1.17 bits per heavy atom. The van der Waals surface area contributed by atoms with Crippen molar-refractivity contribution in [1.29, 1.82) is 10.8 Å². The third kappa shape index (κ3) is 4.40. The van der Waals surface area contributed by atoms with Crippen LogP contribution in [-0.4, -0.2) is 36.0 Å². The predicted octanol–water partition coefficient (Wildman–Crippen LogP) is 3.27. The van der Waals surface area contributed by atoms with Crippen LogP contribution in [0.15, 0.2) is 39.8 Å². The van der Waals surface area contributed by atoms with Crippen molar-refractivity contribution in [3.05, 3.63) is 41.8 Å². The number of carbonyl (C=O) groups is 1. The molecule has 2 rings (SSSR count). The number of aromatic nitrogens is 1. The Kier molecular flexibility index (Phi) is 6.17. The van der Waals surface area contributed by atoms with Crippen molar-refractivity contribution in [3.63, 3.8) is 0 Å². The zero-order valence-corrected chi connectivity index (χ0v) is 18.0. The first-order chi connectivity index (χ1) is 13.7. The van der Waals surface area contributed by atoms with Crippen molar-refractivity contribution >= 4 is 33.4 Å². The standard InChI is InChI=1S/C19H23FN4O5S/c1-11(21)28-16(22)18(2,3)14-10-15(29-24-14)23-17(25)19(4,5)30(26,27)13-8-6-12(20)7-9-13/h6-10,21-22H,1-5H3,(H,23,25). The summed E-state index contributed by atoms with van der Waals surface area (Å²) >= 11 is 0. The van der Waals surface area contributed by atoms with Gasteiger partial charge in [-0.2, -0.15) is 0 Å². The first-order valence-electron chi connectivity index (χ1n) is 8.80. The third-order valence-electron chi connectivity index (χ3n) is 4.55. The second-order valence-electron chi connectivity index (χ2n) is 7.61. The van der Waals surface area contributed by atoms with Crippen LogP contribution in [0, 0.1) is 16.6 Å². The van der Waals surface area contributed by atoms with Gasteiger partial charge >= 0.3 is 0 Å². The number of nitrogens with zero attached hydrogens (tertiary/aromatic N) is 1. The first kappa shape index (κ1) is 23.2. The average molecular weight is 438 g/mol. The van der Waals surface area contributed by atoms with Gasteiger partial charge in [0.05, 0.1) is 10.3 Å². The number of amides is 1. The van der Waals surface area contributed by atoms with Crippen molar-refractivity contribution < 1.29 is 26.9 Å². The molecule has 0 atom stereocenters. The van der Waals surface area contributed by atoms with Gasteiger partial charge in [0.15, 0.2) is 15.7 Å². The minimum absolute atomic E-state index is 0.121. The summed E-state index contributed by atoms with van der Waals surface area (Å²) in [5.41, 5.74) is -0.826. The molecule has 0 saturated heterocycles. The van der Waals surface area contributed by atoms with Crippen LogP contribution >= 0.6 is 0 Å². The summed E-state index contributed by atoms with van der Waals surface area (Å²) in [6, 6.07) is 5.52. The van der Waals surface area contributed by atoms with Crippen LogP contribution in [-0.2, 0) is 24.8 Å². The fraction of sp³-hybridized carbons (Fsp3) is 0.368. The van der Waals surface area contributed by atoms with E-state index in [1.54, 1.807) is 13.8 Å². The third-order valence-corrected chi connectivity index (χ3v) is 6.97. The van der Waals surface area contributed by atoms with Crippen LogP contribution in [0.5, 0.6) is 0 Å². The quantitative estimate of drug-likeness (QED) is 0.358. The highest BCUT2D eigenvalue weighted by Crippen LogP contribution is 2.29. The fourth-order valence-corrected chi connectivity index (χ4v) is 3.70. The van der Waals surface area contributed by atoms with Gasteiger partial charge in [-0.05, 0) is 52.0 Å². The molecule has 0 fully saturated rings. The molecule has 0 aliphatic carbocycles. The Hall–Kier alpha value is -3.08. The zero-order valence-electron chi connectivity index (χ0n) is 17.2. The molecule has 162 valence electrons. The lowest BCUT2D eigenvalue weighted by molar-refractivity contribution is -0.118. The Bertz CT molecular complexity index is 1090. The molecule has 1 amide bonds. The number of ether oxygens (including phenoxy) is 1. The van der Waals surface area contributed by atoms with Gasteiger partial charge in [0.1, 0.15) is 16.3 Å². The molecule has 0 unspecified atom stereocenters. The molecule has 0 saturated carbocycles. The number of halogens is 1. The highest BCUT2D eigenvalue weighted by molar-refractivity contribution is 7.93. The summed E-state index contributed by atoms with van der Waals surface area (Å²) in [6.07, 6.45) is 0. The zero-order chi connectivity index (χ0) is 22.9. The van der Waals surface area contributed by atoms with Crippen molar-refractivity contribution in [3.8, 4) is 0 Å². The number of benzene rings is 1. The maximum atomic E-state index is 13.1. The Morgan fingerprint density at radius 2 is 1.73 bits per heavy atom. The number of rotatable bonds is 6. The molecule has 0 aliphatic heterocycles. The van der Waals surface area contributed by atoms with Crippen LogP contribution in [0.25, 0.3) is 0 Å². The summed E-state index contributed by atoms with van der Waals surface area (Å²) in [4.78, 5) is 12.5. The molecule has 1 aromatic heterocycles. The molecule has 11 heteroatoms. The van der Waals surface area contributed by atoms with Crippen LogP contribution in [0.3, 0.4) is 0 Å². The van der Waals surface area contributed by atoms with Gasteiger partial charge in [-0.15, -0.1) is 0 Å². The maximum absolute atomic E-state index is 13.1. The van der Waals surface area contributed by atoms with Crippen LogP contribution in [0.4, 0.5) is 10.3 Å². The summed E-state index contributed by atoms with van der Waals surface area (Å²) < 4.78 is 47.0. The van der Waals surface area contributed by atoms with E-state index in [1.807, 2.05) is 0 Å². The molecular formula is C19H23FN4O5S. The smallest absolute Gasteiger partial charge is 0.248 e. The minimum Gasteiger partial charge on any atom is -0.429 e. The van der Waals surface area contributed by atoms with E-state index in [0.717, 1.165) is 24.3 Å². The van der Waals surface area contributed by atoms with Crippen LogP contribution < -0.4 is 5.32 Å². The molecule has 30 heavy (non-hydrogen) atoms. The van der Waals surface area contributed by atoms with E-state index in [9.17, 15) is 17.6 Å². The molecule has 1 heterocycles. The fourth-order valence-electron chi connectivity index (χ4n) is 2.32. The van der Waals surface area contributed by atoms with Gasteiger partial charge in [0.2, 0.25) is 17.7 Å². The first-order valence-corrected chi connectivity index (χ1v) is 10.3.